The number of hydrogen-bond donors (Lipinski definition) is 2. The van der Waals surface area contributed by atoms with Crippen molar-refractivity contribution in [1.29, 1.82) is 0 Å². The number of phenolic OH excluding ortho intramolecular Hbond substituents is 1. The molecule has 1 unspecified atom stereocenters. The van der Waals surface area contributed by atoms with E-state index in [-0.39, 0.29) is 17.7 Å². The molecule has 5 nitrogen and oxygen atoms in total. The number of nitrogens with one attached hydrogen (secondary N) is 1. The second-order valence-electron chi connectivity index (χ2n) is 3.99. The molecule has 0 heterocycles. The molecule has 1 atom stereocenters. The number of rotatable bonds is 7. The van der Waals surface area contributed by atoms with E-state index in [9.17, 15) is 9.90 Å². The van der Waals surface area contributed by atoms with Crippen molar-refractivity contribution in [2.75, 3.05) is 26.7 Å². The van der Waals surface area contributed by atoms with Gasteiger partial charge in [0.25, 0.3) is 5.91 Å². The Balaban J connectivity index is 2.69. The molecule has 0 aliphatic carbocycles. The SMILES string of the molecule is COCCC(CCl)NC(=O)c1ccc(OC)c(O)c1. The van der Waals surface area contributed by atoms with Crippen molar-refractivity contribution >= 4 is 17.5 Å². The van der Waals surface area contributed by atoms with Gasteiger partial charge in [0.2, 0.25) is 0 Å². The van der Waals surface area contributed by atoms with Crippen molar-refractivity contribution in [3.63, 3.8) is 0 Å². The molecule has 0 fully saturated rings. The average Bonchev–Trinajstić information content (AvgIpc) is 2.43. The first-order valence-corrected chi connectivity index (χ1v) is 6.38. The van der Waals surface area contributed by atoms with Crippen molar-refractivity contribution in [1.82, 2.24) is 5.32 Å². The van der Waals surface area contributed by atoms with E-state index in [1.807, 2.05) is 0 Å². The fraction of sp³-hybridized carbons (Fsp3) is 0.462. The highest BCUT2D eigenvalue weighted by Crippen LogP contribution is 2.26. The van der Waals surface area contributed by atoms with E-state index in [4.69, 9.17) is 21.1 Å². The summed E-state index contributed by atoms with van der Waals surface area (Å²) in [6.07, 6.45) is 0.633. The van der Waals surface area contributed by atoms with Crippen LogP contribution < -0.4 is 10.1 Å². The van der Waals surface area contributed by atoms with Crippen LogP contribution in [0.25, 0.3) is 0 Å². The fourth-order valence-electron chi connectivity index (χ4n) is 1.55. The maximum Gasteiger partial charge on any atom is 0.251 e. The van der Waals surface area contributed by atoms with Gasteiger partial charge in [0.1, 0.15) is 0 Å². The minimum atomic E-state index is -0.292. The normalized spacial score (nSPS) is 11.9. The molecule has 106 valence electrons. The number of phenols is 1. The van der Waals surface area contributed by atoms with Gasteiger partial charge in [-0.3, -0.25) is 4.79 Å². The Morgan fingerprint density at radius 3 is 2.74 bits per heavy atom. The molecule has 0 aliphatic rings. The summed E-state index contributed by atoms with van der Waals surface area (Å²) in [5.41, 5.74) is 0.353. The van der Waals surface area contributed by atoms with Crippen molar-refractivity contribution < 1.29 is 19.4 Å². The number of aromatic hydroxyl groups is 1. The first-order valence-electron chi connectivity index (χ1n) is 5.85. The van der Waals surface area contributed by atoms with E-state index in [1.54, 1.807) is 13.2 Å². The number of ether oxygens (including phenoxy) is 2. The van der Waals surface area contributed by atoms with Crippen LogP contribution in [0.2, 0.25) is 0 Å². The molecule has 1 rings (SSSR count). The third-order valence-electron chi connectivity index (χ3n) is 2.63. The summed E-state index contributed by atoms with van der Waals surface area (Å²) in [4.78, 5) is 12.0. The molecule has 1 amide bonds. The number of methoxy groups -OCH3 is 2. The number of halogens is 1. The van der Waals surface area contributed by atoms with Gasteiger partial charge in [0, 0.05) is 31.2 Å². The highest BCUT2D eigenvalue weighted by atomic mass is 35.5. The molecule has 0 radical (unpaired) electrons. The summed E-state index contributed by atoms with van der Waals surface area (Å²) < 4.78 is 9.86. The van der Waals surface area contributed by atoms with E-state index >= 15 is 0 Å². The topological polar surface area (TPSA) is 67.8 Å². The van der Waals surface area contributed by atoms with E-state index in [0.717, 1.165) is 0 Å². The van der Waals surface area contributed by atoms with Crippen molar-refractivity contribution in [3.8, 4) is 11.5 Å². The lowest BCUT2D eigenvalue weighted by Gasteiger charge is -2.16. The van der Waals surface area contributed by atoms with E-state index < -0.39 is 0 Å². The highest BCUT2D eigenvalue weighted by Gasteiger charge is 2.14. The number of alkyl halides is 1. The fourth-order valence-corrected chi connectivity index (χ4v) is 1.78. The molecule has 1 aromatic carbocycles. The van der Waals surface area contributed by atoms with Crippen LogP contribution in [-0.2, 0) is 4.74 Å². The van der Waals surface area contributed by atoms with Crippen molar-refractivity contribution in [3.05, 3.63) is 23.8 Å². The second-order valence-corrected chi connectivity index (χ2v) is 4.30. The van der Waals surface area contributed by atoms with Gasteiger partial charge in [0.05, 0.1) is 7.11 Å². The van der Waals surface area contributed by atoms with Crippen LogP contribution in [0.5, 0.6) is 11.5 Å². The number of carbonyl (C=O) groups excluding carboxylic acids is 1. The van der Waals surface area contributed by atoms with Gasteiger partial charge in [-0.1, -0.05) is 0 Å². The first kappa shape index (κ1) is 15.6. The van der Waals surface area contributed by atoms with Crippen LogP contribution in [0.15, 0.2) is 18.2 Å². The molecule has 1 aromatic rings. The summed E-state index contributed by atoms with van der Waals surface area (Å²) in [5.74, 6) is 0.260. The molecule has 19 heavy (non-hydrogen) atoms. The van der Waals surface area contributed by atoms with Crippen LogP contribution in [0.3, 0.4) is 0 Å². The zero-order valence-corrected chi connectivity index (χ0v) is 11.7. The summed E-state index contributed by atoms with van der Waals surface area (Å²) >= 11 is 5.77. The number of amides is 1. The van der Waals surface area contributed by atoms with E-state index in [1.165, 1.54) is 19.2 Å². The summed E-state index contributed by atoms with van der Waals surface area (Å²) in [7, 11) is 3.04. The second kappa shape index (κ2) is 7.86. The largest absolute Gasteiger partial charge is 0.504 e. The summed E-state index contributed by atoms with van der Waals surface area (Å²) in [6.45, 7) is 0.519. The zero-order chi connectivity index (χ0) is 14.3. The molecule has 0 aromatic heterocycles. The van der Waals surface area contributed by atoms with Gasteiger partial charge in [-0.25, -0.2) is 0 Å². The highest BCUT2D eigenvalue weighted by molar-refractivity contribution is 6.18. The molecule has 0 spiro atoms. The van der Waals surface area contributed by atoms with Crippen molar-refractivity contribution in [2.45, 2.75) is 12.5 Å². The molecule has 0 saturated carbocycles. The van der Waals surface area contributed by atoms with Gasteiger partial charge >= 0.3 is 0 Å². The monoisotopic (exact) mass is 287 g/mol. The van der Waals surface area contributed by atoms with Gasteiger partial charge in [0.15, 0.2) is 11.5 Å². The Hall–Kier alpha value is -1.46. The first-order chi connectivity index (χ1) is 9.12. The van der Waals surface area contributed by atoms with Crippen LogP contribution in [-0.4, -0.2) is 43.8 Å². The van der Waals surface area contributed by atoms with Gasteiger partial charge < -0.3 is 19.9 Å². The Morgan fingerprint density at radius 2 is 2.21 bits per heavy atom. The van der Waals surface area contributed by atoms with E-state index in [0.29, 0.717) is 30.2 Å². The molecular formula is C13H18ClNO4. The number of hydrogen-bond acceptors (Lipinski definition) is 4. The molecular weight excluding hydrogens is 270 g/mol. The van der Waals surface area contributed by atoms with Gasteiger partial charge in [-0.15, -0.1) is 11.6 Å². The maximum atomic E-state index is 12.0. The van der Waals surface area contributed by atoms with Gasteiger partial charge in [-0.05, 0) is 24.6 Å². The Bertz CT molecular complexity index is 425. The predicted octanol–water partition coefficient (Wildman–Crippen LogP) is 1.77. The summed E-state index contributed by atoms with van der Waals surface area (Å²) in [5, 5.41) is 12.4. The standard InChI is InChI=1S/C13H18ClNO4/c1-18-6-5-10(8-14)15-13(17)9-3-4-12(19-2)11(16)7-9/h3-4,7,10,16H,5-6,8H2,1-2H3,(H,15,17). The Morgan fingerprint density at radius 1 is 1.47 bits per heavy atom. The van der Waals surface area contributed by atoms with Crippen LogP contribution in [0, 0.1) is 0 Å². The molecule has 0 aliphatic heterocycles. The van der Waals surface area contributed by atoms with Crippen LogP contribution >= 0.6 is 11.6 Å². The molecule has 0 bridgehead atoms. The van der Waals surface area contributed by atoms with Crippen molar-refractivity contribution in [2.24, 2.45) is 0 Å². The minimum Gasteiger partial charge on any atom is -0.504 e. The Kier molecular flexibility index (Phi) is 6.45. The smallest absolute Gasteiger partial charge is 0.251 e. The maximum absolute atomic E-state index is 12.0. The molecule has 0 saturated heterocycles. The third-order valence-corrected chi connectivity index (χ3v) is 3.01. The zero-order valence-electron chi connectivity index (χ0n) is 11.0. The lowest BCUT2D eigenvalue weighted by atomic mass is 10.1. The third kappa shape index (κ3) is 4.61. The number of benzene rings is 1. The van der Waals surface area contributed by atoms with Crippen LogP contribution in [0.1, 0.15) is 16.8 Å². The lowest BCUT2D eigenvalue weighted by molar-refractivity contribution is 0.0930. The average molecular weight is 288 g/mol. The Labute approximate surface area is 117 Å². The lowest BCUT2D eigenvalue weighted by Crippen LogP contribution is -2.37. The summed E-state index contributed by atoms with van der Waals surface area (Å²) in [6, 6.07) is 4.30. The predicted molar refractivity (Wildman–Crippen MR) is 73.1 cm³/mol. The van der Waals surface area contributed by atoms with Crippen LogP contribution in [0.4, 0.5) is 0 Å². The number of carbonyl (C=O) groups is 1. The quantitative estimate of drug-likeness (QED) is 0.750. The minimum absolute atomic E-state index is 0.0746. The van der Waals surface area contributed by atoms with E-state index in [2.05, 4.69) is 5.32 Å². The molecule has 6 heteroatoms. The van der Waals surface area contributed by atoms with Gasteiger partial charge in [-0.2, -0.15) is 0 Å². The molecule has 2 N–H and O–H groups in total.